The molecule has 0 aliphatic rings. The molecule has 5 rings (SSSR count). The molecule has 5 aromatic rings. The first-order chi connectivity index (χ1) is 15.1. The van der Waals surface area contributed by atoms with Crippen molar-refractivity contribution in [2.45, 2.75) is 13.0 Å². The van der Waals surface area contributed by atoms with Gasteiger partial charge in [0.25, 0.3) is 0 Å². The second-order valence-corrected chi connectivity index (χ2v) is 7.42. The normalized spacial score (nSPS) is 12.2. The molecule has 0 aliphatic heterocycles. The highest BCUT2D eigenvalue weighted by Gasteiger charge is 2.20. The summed E-state index contributed by atoms with van der Waals surface area (Å²) in [6.45, 7) is 9.35. The van der Waals surface area contributed by atoms with Gasteiger partial charge in [0.05, 0.1) is 34.9 Å². The van der Waals surface area contributed by atoms with Gasteiger partial charge >= 0.3 is 5.69 Å². The van der Waals surface area contributed by atoms with E-state index < -0.39 is 0 Å². The van der Waals surface area contributed by atoms with Gasteiger partial charge in [0.2, 0.25) is 5.69 Å². The van der Waals surface area contributed by atoms with Crippen LogP contribution in [0.3, 0.4) is 0 Å². The molecule has 4 aromatic heterocycles. The molecule has 1 atom stereocenters. The third-order valence-electron chi connectivity index (χ3n) is 5.18. The van der Waals surface area contributed by atoms with Crippen LogP contribution < -0.4 is 11.0 Å². The van der Waals surface area contributed by atoms with E-state index in [9.17, 15) is 4.79 Å². The smallest absolute Gasteiger partial charge is 0.338 e. The lowest BCUT2D eigenvalue weighted by Crippen LogP contribution is -2.30. The fraction of sp³-hybridized carbons (Fsp3) is 0.0909. The standard InChI is InChI=1S/C22H16ClN7O/c1-13(28-21-19-16(24-2)11-25-20(19)26-12-27-21)17-10-15-8-9-18(23)30(15)22(31)29(17)14-6-4-3-5-7-14/h3-13H,1H3,(H2,25,26,27,28). The Bertz CT molecular complexity index is 1530. The van der Waals surface area contributed by atoms with Crippen molar-refractivity contribution in [1.29, 1.82) is 0 Å². The molecule has 0 saturated heterocycles. The number of fused-ring (bicyclic) bond motifs is 2. The van der Waals surface area contributed by atoms with E-state index in [0.717, 1.165) is 11.4 Å². The summed E-state index contributed by atoms with van der Waals surface area (Å²) < 4.78 is 3.10. The summed E-state index contributed by atoms with van der Waals surface area (Å²) in [5.41, 5.74) is 2.88. The molecule has 9 heteroatoms. The van der Waals surface area contributed by atoms with Crippen LogP contribution in [0.25, 0.3) is 27.1 Å². The Morgan fingerprint density at radius 1 is 1.19 bits per heavy atom. The predicted molar refractivity (Wildman–Crippen MR) is 120 cm³/mol. The lowest BCUT2D eigenvalue weighted by molar-refractivity contribution is 0.741. The summed E-state index contributed by atoms with van der Waals surface area (Å²) in [5.74, 6) is 0.519. The average molecular weight is 430 g/mol. The van der Waals surface area contributed by atoms with Crippen LogP contribution in [0.4, 0.5) is 11.5 Å². The summed E-state index contributed by atoms with van der Waals surface area (Å²) >= 11 is 6.27. The van der Waals surface area contributed by atoms with Gasteiger partial charge < -0.3 is 10.3 Å². The van der Waals surface area contributed by atoms with Crippen molar-refractivity contribution in [2.24, 2.45) is 0 Å². The van der Waals surface area contributed by atoms with Crippen molar-refractivity contribution in [3.05, 3.63) is 93.8 Å². The number of nitrogens with zero attached hydrogens (tertiary/aromatic N) is 5. The maximum Gasteiger partial charge on any atom is 0.338 e. The predicted octanol–water partition coefficient (Wildman–Crippen LogP) is 4.74. The molecule has 152 valence electrons. The van der Waals surface area contributed by atoms with Gasteiger partial charge in [-0.3, -0.25) is 8.97 Å². The largest absolute Gasteiger partial charge is 0.362 e. The second kappa shape index (κ2) is 7.31. The number of halogens is 1. The van der Waals surface area contributed by atoms with E-state index in [1.54, 1.807) is 22.9 Å². The van der Waals surface area contributed by atoms with Crippen LogP contribution in [0.15, 0.2) is 65.8 Å². The van der Waals surface area contributed by atoms with Gasteiger partial charge in [0.1, 0.15) is 22.9 Å². The van der Waals surface area contributed by atoms with Crippen LogP contribution in [0.5, 0.6) is 0 Å². The average Bonchev–Trinajstić information content (AvgIpc) is 3.38. The van der Waals surface area contributed by atoms with Crippen molar-refractivity contribution in [1.82, 2.24) is 23.9 Å². The van der Waals surface area contributed by atoms with E-state index in [4.69, 9.17) is 18.2 Å². The Kier molecular flexibility index (Phi) is 4.46. The minimum Gasteiger partial charge on any atom is -0.362 e. The topological polar surface area (TPSA) is 84.4 Å². The molecule has 31 heavy (non-hydrogen) atoms. The number of anilines is 1. The first-order valence-corrected chi connectivity index (χ1v) is 9.90. The van der Waals surface area contributed by atoms with Crippen LogP contribution in [-0.4, -0.2) is 23.9 Å². The lowest BCUT2D eigenvalue weighted by atomic mass is 10.1. The fourth-order valence-electron chi connectivity index (χ4n) is 3.75. The molecule has 8 nitrogen and oxygen atoms in total. The Balaban J connectivity index is 1.69. The van der Waals surface area contributed by atoms with Crippen molar-refractivity contribution < 1.29 is 0 Å². The van der Waals surface area contributed by atoms with Gasteiger partial charge in [0, 0.05) is 6.20 Å². The quantitative estimate of drug-likeness (QED) is 0.404. The zero-order valence-electron chi connectivity index (χ0n) is 16.4. The molecule has 1 unspecified atom stereocenters. The van der Waals surface area contributed by atoms with Crippen LogP contribution in [0, 0.1) is 6.57 Å². The van der Waals surface area contributed by atoms with Crippen LogP contribution in [0.2, 0.25) is 5.15 Å². The first kappa shape index (κ1) is 18.9. The molecule has 0 spiro atoms. The highest BCUT2D eigenvalue weighted by molar-refractivity contribution is 6.30. The number of aromatic amines is 1. The third kappa shape index (κ3) is 3.03. The van der Waals surface area contributed by atoms with Gasteiger partial charge in [-0.15, -0.1) is 0 Å². The van der Waals surface area contributed by atoms with Crippen molar-refractivity contribution in [3.63, 3.8) is 0 Å². The highest BCUT2D eigenvalue weighted by atomic mass is 35.5. The van der Waals surface area contributed by atoms with E-state index >= 15 is 0 Å². The Morgan fingerprint density at radius 2 is 2.00 bits per heavy atom. The minimum absolute atomic E-state index is 0.265. The van der Waals surface area contributed by atoms with E-state index in [0.29, 0.717) is 33.2 Å². The number of para-hydroxylation sites is 1. The van der Waals surface area contributed by atoms with Gasteiger partial charge in [-0.2, -0.15) is 0 Å². The Hall–Kier alpha value is -4.09. The molecule has 2 N–H and O–H groups in total. The number of nitrogens with one attached hydrogen (secondary N) is 2. The van der Waals surface area contributed by atoms with Crippen LogP contribution >= 0.6 is 11.6 Å². The van der Waals surface area contributed by atoms with Gasteiger partial charge in [-0.25, -0.2) is 19.6 Å². The van der Waals surface area contributed by atoms with Crippen molar-refractivity contribution in [2.75, 3.05) is 5.32 Å². The Labute approximate surface area is 181 Å². The summed E-state index contributed by atoms with van der Waals surface area (Å²) in [5, 5.41) is 4.32. The number of hydrogen-bond donors (Lipinski definition) is 2. The van der Waals surface area contributed by atoms with E-state index in [-0.39, 0.29) is 11.7 Å². The van der Waals surface area contributed by atoms with Crippen molar-refractivity contribution >= 4 is 39.7 Å². The summed E-state index contributed by atoms with van der Waals surface area (Å²) in [6, 6.07) is 14.5. The first-order valence-electron chi connectivity index (χ1n) is 9.53. The van der Waals surface area contributed by atoms with E-state index in [1.165, 1.54) is 10.7 Å². The van der Waals surface area contributed by atoms with Crippen molar-refractivity contribution in [3.8, 4) is 5.69 Å². The van der Waals surface area contributed by atoms with Crippen LogP contribution in [-0.2, 0) is 0 Å². The molecule has 4 heterocycles. The van der Waals surface area contributed by atoms with Gasteiger partial charge in [-0.05, 0) is 37.3 Å². The monoisotopic (exact) mass is 429 g/mol. The maximum atomic E-state index is 13.4. The zero-order valence-corrected chi connectivity index (χ0v) is 17.1. The molecule has 0 saturated carbocycles. The molecular formula is C22H16ClN7O. The van der Waals surface area contributed by atoms with Gasteiger partial charge in [-0.1, -0.05) is 29.8 Å². The number of aromatic nitrogens is 5. The molecule has 1 aromatic carbocycles. The molecular weight excluding hydrogens is 414 g/mol. The summed E-state index contributed by atoms with van der Waals surface area (Å²) in [6.07, 6.45) is 3.04. The molecule has 0 aliphatic carbocycles. The SMILES string of the molecule is [C-]#[N+]c1c[nH]c2ncnc(NC(C)c3cc4ccc(Cl)n4c(=O)n3-c3ccccc3)c12. The number of hydrogen-bond acceptors (Lipinski definition) is 4. The molecule has 0 radical (unpaired) electrons. The summed E-state index contributed by atoms with van der Waals surface area (Å²) in [4.78, 5) is 28.5. The number of H-pyrrole nitrogens is 1. The zero-order chi connectivity index (χ0) is 21.5. The number of benzene rings is 1. The highest BCUT2D eigenvalue weighted by Crippen LogP contribution is 2.32. The third-order valence-corrected chi connectivity index (χ3v) is 5.48. The maximum absolute atomic E-state index is 13.4. The van der Waals surface area contributed by atoms with E-state index in [2.05, 4.69) is 25.1 Å². The number of rotatable bonds is 4. The Morgan fingerprint density at radius 3 is 2.77 bits per heavy atom. The molecule has 0 amide bonds. The van der Waals surface area contributed by atoms with E-state index in [1.807, 2.05) is 43.3 Å². The second-order valence-electron chi connectivity index (χ2n) is 7.04. The summed E-state index contributed by atoms with van der Waals surface area (Å²) in [7, 11) is 0. The molecule has 0 fully saturated rings. The van der Waals surface area contributed by atoms with Crippen LogP contribution in [0.1, 0.15) is 18.7 Å². The van der Waals surface area contributed by atoms with Gasteiger partial charge in [0.15, 0.2) is 0 Å². The minimum atomic E-state index is -0.321. The lowest BCUT2D eigenvalue weighted by Gasteiger charge is -2.21. The fourth-order valence-corrected chi connectivity index (χ4v) is 3.98. The molecule has 0 bridgehead atoms.